The molecule has 1 aliphatic heterocycles. The Morgan fingerprint density at radius 1 is 1.18 bits per heavy atom. The highest BCUT2D eigenvalue weighted by Gasteiger charge is 2.20. The van der Waals surface area contributed by atoms with Gasteiger partial charge in [-0.25, -0.2) is 0 Å². The largest absolute Gasteiger partial charge is 0.393 e. The molecule has 1 saturated heterocycles. The van der Waals surface area contributed by atoms with Gasteiger partial charge in [0.25, 0.3) is 0 Å². The predicted molar refractivity (Wildman–Crippen MR) is 89.7 cm³/mol. The lowest BCUT2D eigenvalue weighted by atomic mass is 10.00. The molecule has 0 bridgehead atoms. The molecule has 1 aromatic rings. The van der Waals surface area contributed by atoms with Gasteiger partial charge < -0.3 is 10.0 Å². The Morgan fingerprint density at radius 3 is 2.36 bits per heavy atom. The summed E-state index contributed by atoms with van der Waals surface area (Å²) in [6.45, 7) is 5.89. The average molecular weight is 303 g/mol. The Bertz CT molecular complexity index is 459. The zero-order valence-corrected chi connectivity index (χ0v) is 13.9. The molecule has 0 atom stereocenters. The van der Waals surface area contributed by atoms with Crippen molar-refractivity contribution in [2.45, 2.75) is 58.5 Å². The van der Waals surface area contributed by atoms with Crippen LogP contribution in [0.1, 0.15) is 50.7 Å². The maximum Gasteiger partial charge on any atom is 0.222 e. The molecule has 1 fully saturated rings. The Balaban J connectivity index is 1.70. The molecule has 122 valence electrons. The van der Waals surface area contributed by atoms with Crippen LogP contribution in [-0.4, -0.2) is 35.1 Å². The van der Waals surface area contributed by atoms with Crippen molar-refractivity contribution in [3.8, 4) is 0 Å². The van der Waals surface area contributed by atoms with Gasteiger partial charge in [0.1, 0.15) is 0 Å². The SMILES string of the molecule is CC(C)Cc1ccc(CCCC(=O)N2CCC(O)CC2)cc1. The van der Waals surface area contributed by atoms with Gasteiger partial charge in [0.2, 0.25) is 5.91 Å². The number of amides is 1. The number of hydrogen-bond donors (Lipinski definition) is 1. The van der Waals surface area contributed by atoms with Gasteiger partial charge in [-0.3, -0.25) is 4.79 Å². The molecule has 1 N–H and O–H groups in total. The molecule has 0 unspecified atom stereocenters. The number of aliphatic hydroxyl groups is 1. The van der Waals surface area contributed by atoms with Crippen LogP contribution in [0.2, 0.25) is 0 Å². The van der Waals surface area contributed by atoms with Crippen LogP contribution in [-0.2, 0) is 17.6 Å². The smallest absolute Gasteiger partial charge is 0.222 e. The Labute approximate surface area is 134 Å². The van der Waals surface area contributed by atoms with E-state index in [4.69, 9.17) is 0 Å². The molecule has 3 nitrogen and oxygen atoms in total. The lowest BCUT2D eigenvalue weighted by Crippen LogP contribution is -2.39. The third kappa shape index (κ3) is 5.45. The minimum absolute atomic E-state index is 0.214. The van der Waals surface area contributed by atoms with Crippen LogP contribution >= 0.6 is 0 Å². The van der Waals surface area contributed by atoms with Crippen molar-refractivity contribution in [1.82, 2.24) is 4.90 Å². The van der Waals surface area contributed by atoms with E-state index in [1.54, 1.807) is 0 Å². The number of carbonyl (C=O) groups is 1. The summed E-state index contributed by atoms with van der Waals surface area (Å²) in [6, 6.07) is 8.81. The highest BCUT2D eigenvalue weighted by atomic mass is 16.3. The Kier molecular flexibility index (Phi) is 6.44. The van der Waals surface area contributed by atoms with E-state index in [1.165, 1.54) is 11.1 Å². The molecule has 0 saturated carbocycles. The van der Waals surface area contributed by atoms with Crippen LogP contribution in [0.3, 0.4) is 0 Å². The third-order valence-corrected chi connectivity index (χ3v) is 4.34. The van der Waals surface area contributed by atoms with Crippen LogP contribution in [0, 0.1) is 5.92 Å². The molecule has 0 spiro atoms. The first-order chi connectivity index (χ1) is 10.5. The number of rotatable bonds is 6. The number of piperidine rings is 1. The highest BCUT2D eigenvalue weighted by molar-refractivity contribution is 5.76. The maximum atomic E-state index is 12.1. The Morgan fingerprint density at radius 2 is 1.77 bits per heavy atom. The number of hydrogen-bond acceptors (Lipinski definition) is 2. The number of nitrogens with zero attached hydrogens (tertiary/aromatic N) is 1. The lowest BCUT2D eigenvalue weighted by molar-refractivity contribution is -0.133. The standard InChI is InChI=1S/C19H29NO2/c1-15(2)14-17-8-6-16(7-9-17)4-3-5-19(22)20-12-10-18(21)11-13-20/h6-9,15,18,21H,3-5,10-14H2,1-2H3. The van der Waals surface area contributed by atoms with Crippen molar-refractivity contribution < 1.29 is 9.90 Å². The van der Waals surface area contributed by atoms with Gasteiger partial charge >= 0.3 is 0 Å². The summed E-state index contributed by atoms with van der Waals surface area (Å²) in [6.07, 6.45) is 4.84. The van der Waals surface area contributed by atoms with Crippen molar-refractivity contribution in [2.75, 3.05) is 13.1 Å². The van der Waals surface area contributed by atoms with E-state index in [2.05, 4.69) is 38.1 Å². The minimum atomic E-state index is -0.214. The predicted octanol–water partition coefficient (Wildman–Crippen LogP) is 3.19. The molecular weight excluding hydrogens is 274 g/mol. The van der Waals surface area contributed by atoms with Crippen molar-refractivity contribution in [1.29, 1.82) is 0 Å². The summed E-state index contributed by atoms with van der Waals surface area (Å²) in [4.78, 5) is 14.0. The quantitative estimate of drug-likeness (QED) is 0.877. The molecule has 3 heteroatoms. The van der Waals surface area contributed by atoms with E-state index >= 15 is 0 Å². The fourth-order valence-corrected chi connectivity index (χ4v) is 3.03. The van der Waals surface area contributed by atoms with Crippen LogP contribution in [0.25, 0.3) is 0 Å². The number of likely N-dealkylation sites (tertiary alicyclic amines) is 1. The maximum absolute atomic E-state index is 12.1. The molecule has 0 aliphatic carbocycles. The summed E-state index contributed by atoms with van der Waals surface area (Å²) >= 11 is 0. The van der Waals surface area contributed by atoms with Crippen LogP contribution in [0.5, 0.6) is 0 Å². The fourth-order valence-electron chi connectivity index (χ4n) is 3.03. The molecule has 0 radical (unpaired) electrons. The number of aliphatic hydroxyl groups excluding tert-OH is 1. The van der Waals surface area contributed by atoms with Gasteiger partial charge in [0.05, 0.1) is 6.10 Å². The van der Waals surface area contributed by atoms with E-state index in [0.29, 0.717) is 25.4 Å². The first-order valence-corrected chi connectivity index (χ1v) is 8.58. The monoisotopic (exact) mass is 303 g/mol. The first kappa shape index (κ1) is 17.0. The van der Waals surface area contributed by atoms with Crippen molar-refractivity contribution in [2.24, 2.45) is 5.92 Å². The van der Waals surface area contributed by atoms with E-state index < -0.39 is 0 Å². The topological polar surface area (TPSA) is 40.5 Å². The van der Waals surface area contributed by atoms with Crippen molar-refractivity contribution in [3.05, 3.63) is 35.4 Å². The van der Waals surface area contributed by atoms with Crippen LogP contribution in [0.4, 0.5) is 0 Å². The summed E-state index contributed by atoms with van der Waals surface area (Å²) in [5, 5.41) is 9.47. The van der Waals surface area contributed by atoms with Crippen molar-refractivity contribution in [3.63, 3.8) is 0 Å². The van der Waals surface area contributed by atoms with E-state index in [-0.39, 0.29) is 12.0 Å². The summed E-state index contributed by atoms with van der Waals surface area (Å²) < 4.78 is 0. The second-order valence-corrected chi connectivity index (χ2v) is 6.88. The Hall–Kier alpha value is -1.35. The van der Waals surface area contributed by atoms with E-state index in [9.17, 15) is 9.90 Å². The summed E-state index contributed by atoms with van der Waals surface area (Å²) in [5.74, 6) is 0.926. The fraction of sp³-hybridized carbons (Fsp3) is 0.632. The minimum Gasteiger partial charge on any atom is -0.393 e. The number of aryl methyl sites for hydroxylation is 1. The van der Waals surface area contributed by atoms with E-state index in [1.807, 2.05) is 4.90 Å². The second kappa shape index (κ2) is 8.33. The third-order valence-electron chi connectivity index (χ3n) is 4.34. The normalized spacial score (nSPS) is 16.3. The first-order valence-electron chi connectivity index (χ1n) is 8.58. The van der Waals surface area contributed by atoms with Gasteiger partial charge in [-0.1, -0.05) is 38.1 Å². The van der Waals surface area contributed by atoms with Gasteiger partial charge in [-0.15, -0.1) is 0 Å². The van der Waals surface area contributed by atoms with Gasteiger partial charge in [0, 0.05) is 19.5 Å². The van der Waals surface area contributed by atoms with Gasteiger partial charge in [-0.05, 0) is 49.1 Å². The molecule has 22 heavy (non-hydrogen) atoms. The molecule has 1 amide bonds. The zero-order chi connectivity index (χ0) is 15.9. The van der Waals surface area contributed by atoms with Gasteiger partial charge in [0.15, 0.2) is 0 Å². The molecule has 0 aromatic heterocycles. The van der Waals surface area contributed by atoms with Gasteiger partial charge in [-0.2, -0.15) is 0 Å². The van der Waals surface area contributed by atoms with Crippen molar-refractivity contribution >= 4 is 5.91 Å². The van der Waals surface area contributed by atoms with E-state index in [0.717, 1.165) is 32.1 Å². The van der Waals surface area contributed by atoms with Crippen LogP contribution in [0.15, 0.2) is 24.3 Å². The molecule has 1 heterocycles. The molecular formula is C19H29NO2. The lowest BCUT2D eigenvalue weighted by Gasteiger charge is -2.29. The average Bonchev–Trinajstić information content (AvgIpc) is 2.49. The number of benzene rings is 1. The highest BCUT2D eigenvalue weighted by Crippen LogP contribution is 2.14. The number of carbonyl (C=O) groups excluding carboxylic acids is 1. The van der Waals surface area contributed by atoms with Crippen LogP contribution < -0.4 is 0 Å². The molecule has 2 rings (SSSR count). The second-order valence-electron chi connectivity index (χ2n) is 6.88. The zero-order valence-electron chi connectivity index (χ0n) is 13.9. The summed E-state index contributed by atoms with van der Waals surface area (Å²) in [5.41, 5.74) is 2.70. The summed E-state index contributed by atoms with van der Waals surface area (Å²) in [7, 11) is 0. The molecule has 1 aliphatic rings. The molecule has 1 aromatic carbocycles.